The van der Waals surface area contributed by atoms with Crippen LogP contribution in [0.4, 0.5) is 4.79 Å². The second-order valence-corrected chi connectivity index (χ2v) is 12.2. The smallest absolute Gasteiger partial charge is 0.428 e. The Morgan fingerprint density at radius 1 is 0.818 bits per heavy atom. The molecule has 0 bridgehead atoms. The molecule has 0 atom stereocenters. The average molecular weight is 587 g/mol. The van der Waals surface area contributed by atoms with Crippen molar-refractivity contribution >= 4 is 28.2 Å². The summed E-state index contributed by atoms with van der Waals surface area (Å²) in [4.78, 5) is 22.4. The van der Waals surface area contributed by atoms with Gasteiger partial charge in [-0.15, -0.1) is 0 Å². The maximum Gasteiger partial charge on any atom is 0.514 e. The second kappa shape index (κ2) is 12.0. The van der Waals surface area contributed by atoms with Gasteiger partial charge in [-0.2, -0.15) is 0 Å². The monoisotopic (exact) mass is 586 g/mol. The van der Waals surface area contributed by atoms with E-state index in [-0.39, 0.29) is 0 Å². The quantitative estimate of drug-likeness (QED) is 0.131. The summed E-state index contributed by atoms with van der Waals surface area (Å²) < 4.78 is 15.4. The third kappa shape index (κ3) is 6.09. The lowest BCUT2D eigenvalue weighted by Crippen LogP contribution is -2.26. The van der Waals surface area contributed by atoms with Gasteiger partial charge >= 0.3 is 6.16 Å². The van der Waals surface area contributed by atoms with E-state index in [1.165, 1.54) is 0 Å². The van der Waals surface area contributed by atoms with Crippen molar-refractivity contribution in [3.8, 4) is 28.3 Å². The summed E-state index contributed by atoms with van der Waals surface area (Å²) in [6, 6.07) is 30.6. The Morgan fingerprint density at radius 2 is 1.52 bits per heavy atom. The molecule has 7 nitrogen and oxygen atoms in total. The van der Waals surface area contributed by atoms with Gasteiger partial charge in [0.25, 0.3) is 0 Å². The molecule has 6 aromatic rings. The molecule has 0 spiro atoms. The molecule has 2 heterocycles. The van der Waals surface area contributed by atoms with Crippen molar-refractivity contribution in [2.75, 3.05) is 0 Å². The molecular formula is C37H38N4O3. The molecule has 0 N–H and O–H groups in total. The maximum atomic E-state index is 12.4. The Balaban J connectivity index is 1.32. The Labute approximate surface area is 258 Å². The van der Waals surface area contributed by atoms with Crippen molar-refractivity contribution in [3.05, 3.63) is 102 Å². The van der Waals surface area contributed by atoms with E-state index in [9.17, 15) is 4.79 Å². The number of hydrogen-bond donors (Lipinski definition) is 0. The van der Waals surface area contributed by atoms with E-state index in [0.29, 0.717) is 12.3 Å². The second-order valence-electron chi connectivity index (χ2n) is 12.2. The van der Waals surface area contributed by atoms with E-state index < -0.39 is 11.8 Å². The summed E-state index contributed by atoms with van der Waals surface area (Å²) in [6.07, 6.45) is 2.38. The largest absolute Gasteiger partial charge is 0.514 e. The molecule has 0 amide bonds. The van der Waals surface area contributed by atoms with Crippen LogP contribution in [-0.2, 0) is 24.8 Å². The van der Waals surface area contributed by atoms with Crippen LogP contribution in [0.15, 0.2) is 91.0 Å². The van der Waals surface area contributed by atoms with E-state index in [2.05, 4.69) is 77.7 Å². The number of rotatable bonds is 8. The Bertz CT molecular complexity index is 1940. The summed E-state index contributed by atoms with van der Waals surface area (Å²) in [6.45, 7) is 8.35. The zero-order valence-electron chi connectivity index (χ0n) is 26.0. The minimum absolute atomic E-state index is 0.464. The van der Waals surface area contributed by atoms with Crippen LogP contribution in [0.1, 0.15) is 51.9 Å². The first-order chi connectivity index (χ1) is 21.2. The first-order valence-electron chi connectivity index (χ1n) is 15.2. The van der Waals surface area contributed by atoms with Crippen LogP contribution in [-0.4, -0.2) is 30.9 Å². The number of para-hydroxylation sites is 3. The van der Waals surface area contributed by atoms with Gasteiger partial charge < -0.3 is 18.6 Å². The minimum Gasteiger partial charge on any atom is -0.428 e. The number of carbonyl (C=O) groups is 1. The lowest BCUT2D eigenvalue weighted by Gasteiger charge is -2.19. The summed E-state index contributed by atoms with van der Waals surface area (Å²) in [5, 5.41) is 0. The third-order valence-corrected chi connectivity index (χ3v) is 7.70. The molecule has 0 radical (unpaired) electrons. The minimum atomic E-state index is -0.717. The Hall–Kier alpha value is -4.91. The molecule has 0 saturated carbocycles. The van der Waals surface area contributed by atoms with E-state index in [0.717, 1.165) is 75.2 Å². The number of fused-ring (bicyclic) bond motifs is 2. The Morgan fingerprint density at radius 3 is 2.27 bits per heavy atom. The SMILES string of the molecule is CCCCc1nc2ccc(-c3nc4ccccc4n3C)cc2n1Cc1ccc(-c2ccccc2OC(=O)OC(C)(C)C)cc1. The van der Waals surface area contributed by atoms with Crippen molar-refractivity contribution in [2.45, 2.75) is 59.1 Å². The average Bonchev–Trinajstić information content (AvgIpc) is 3.52. The molecule has 4 aromatic carbocycles. The van der Waals surface area contributed by atoms with Crippen LogP contribution in [0.5, 0.6) is 5.75 Å². The lowest BCUT2D eigenvalue weighted by atomic mass is 10.0. The van der Waals surface area contributed by atoms with Gasteiger partial charge in [0.05, 0.1) is 22.1 Å². The van der Waals surface area contributed by atoms with E-state index in [4.69, 9.17) is 19.4 Å². The van der Waals surface area contributed by atoms with Crippen LogP contribution in [0.3, 0.4) is 0 Å². The predicted octanol–water partition coefficient (Wildman–Crippen LogP) is 8.96. The third-order valence-electron chi connectivity index (χ3n) is 7.70. The molecule has 0 aliphatic rings. The maximum absolute atomic E-state index is 12.4. The van der Waals surface area contributed by atoms with Crippen LogP contribution in [0, 0.1) is 0 Å². The standard InChI is InChI=1S/C37H38N4O3/c1-6-7-16-34-38-30-22-21-27(35-39-29-13-9-10-14-31(29)40(35)5)23-32(30)41(34)24-25-17-19-26(20-18-25)28-12-8-11-15-33(28)43-36(42)44-37(2,3)4/h8-15,17-23H,6-7,16,24H2,1-5H3. The molecular weight excluding hydrogens is 548 g/mol. The van der Waals surface area contributed by atoms with Crippen LogP contribution < -0.4 is 4.74 Å². The van der Waals surface area contributed by atoms with Gasteiger partial charge in [0.2, 0.25) is 0 Å². The van der Waals surface area contributed by atoms with Crippen molar-refractivity contribution < 1.29 is 14.3 Å². The summed E-state index contributed by atoms with van der Waals surface area (Å²) in [5.74, 6) is 2.49. The normalized spacial score (nSPS) is 11.8. The lowest BCUT2D eigenvalue weighted by molar-refractivity contribution is 0.0207. The van der Waals surface area contributed by atoms with Crippen LogP contribution in [0.25, 0.3) is 44.6 Å². The van der Waals surface area contributed by atoms with E-state index in [1.807, 2.05) is 51.1 Å². The molecule has 0 aliphatic carbocycles. The van der Waals surface area contributed by atoms with Gasteiger partial charge in [0.1, 0.15) is 23.0 Å². The molecule has 0 unspecified atom stereocenters. The Kier molecular flexibility index (Phi) is 7.95. The van der Waals surface area contributed by atoms with E-state index >= 15 is 0 Å². The number of benzene rings is 4. The van der Waals surface area contributed by atoms with Crippen LogP contribution in [0.2, 0.25) is 0 Å². The number of nitrogens with zero attached hydrogens (tertiary/aromatic N) is 4. The fourth-order valence-electron chi connectivity index (χ4n) is 5.54. The van der Waals surface area contributed by atoms with Gasteiger partial charge in [0, 0.05) is 31.1 Å². The predicted molar refractivity (Wildman–Crippen MR) is 176 cm³/mol. The van der Waals surface area contributed by atoms with Gasteiger partial charge in [0.15, 0.2) is 0 Å². The fourth-order valence-corrected chi connectivity index (χ4v) is 5.54. The zero-order valence-corrected chi connectivity index (χ0v) is 26.0. The van der Waals surface area contributed by atoms with E-state index in [1.54, 1.807) is 6.07 Å². The molecule has 224 valence electrons. The highest BCUT2D eigenvalue weighted by Gasteiger charge is 2.20. The number of carbonyl (C=O) groups excluding carboxylic acids is 1. The number of aryl methyl sites for hydroxylation is 2. The number of ether oxygens (including phenoxy) is 2. The first-order valence-corrected chi connectivity index (χ1v) is 15.2. The number of aromatic nitrogens is 4. The topological polar surface area (TPSA) is 71.2 Å². The van der Waals surface area contributed by atoms with Crippen molar-refractivity contribution in [1.82, 2.24) is 19.1 Å². The van der Waals surface area contributed by atoms with Gasteiger partial charge in [-0.1, -0.05) is 67.9 Å². The summed E-state index contributed by atoms with van der Waals surface area (Å²) >= 11 is 0. The van der Waals surface area contributed by atoms with Crippen LogP contribution >= 0.6 is 0 Å². The summed E-state index contributed by atoms with van der Waals surface area (Å²) in [5.41, 5.74) is 7.56. The molecule has 2 aromatic heterocycles. The molecule has 0 fully saturated rings. The zero-order chi connectivity index (χ0) is 30.8. The van der Waals surface area contributed by atoms with Crippen molar-refractivity contribution in [3.63, 3.8) is 0 Å². The van der Waals surface area contributed by atoms with Gasteiger partial charge in [-0.3, -0.25) is 0 Å². The highest BCUT2D eigenvalue weighted by Crippen LogP contribution is 2.32. The molecule has 0 aliphatic heterocycles. The number of unbranched alkanes of at least 4 members (excludes halogenated alkanes) is 1. The van der Waals surface area contributed by atoms with Crippen molar-refractivity contribution in [1.29, 1.82) is 0 Å². The van der Waals surface area contributed by atoms with Gasteiger partial charge in [-0.25, -0.2) is 14.8 Å². The van der Waals surface area contributed by atoms with Crippen molar-refractivity contribution in [2.24, 2.45) is 7.05 Å². The highest BCUT2D eigenvalue weighted by molar-refractivity contribution is 5.85. The fraction of sp³-hybridized carbons (Fsp3) is 0.270. The van der Waals surface area contributed by atoms with Gasteiger partial charge in [-0.05, 0) is 74.7 Å². The molecule has 0 saturated heterocycles. The summed E-state index contributed by atoms with van der Waals surface area (Å²) in [7, 11) is 2.07. The molecule has 44 heavy (non-hydrogen) atoms. The first kappa shape index (κ1) is 29.2. The highest BCUT2D eigenvalue weighted by atomic mass is 16.7. The molecule has 6 rings (SSSR count). The molecule has 7 heteroatoms. The number of hydrogen-bond acceptors (Lipinski definition) is 5. The number of imidazole rings is 2.